The lowest BCUT2D eigenvalue weighted by Gasteiger charge is -2.27. The number of nitrogens with one attached hydrogen (secondary N) is 1. The monoisotopic (exact) mass is 421 g/mol. The van der Waals surface area contributed by atoms with Crippen LogP contribution in [0, 0.1) is 0 Å². The zero-order chi connectivity index (χ0) is 18.9. The molecule has 1 atom stereocenters. The van der Waals surface area contributed by atoms with E-state index in [1.807, 2.05) is 39.0 Å². The number of likely N-dealkylation sites (tertiary alicyclic amines) is 1. The summed E-state index contributed by atoms with van der Waals surface area (Å²) in [6, 6.07) is 5.68. The number of nitrogens with zero attached hydrogens (tertiary/aromatic N) is 2. The molecule has 2 heterocycles. The first-order valence-electron chi connectivity index (χ1n) is 8.72. The van der Waals surface area contributed by atoms with Gasteiger partial charge in [0.25, 0.3) is 0 Å². The van der Waals surface area contributed by atoms with Gasteiger partial charge in [0.2, 0.25) is 0 Å². The number of halogens is 1. The number of hydrogen-bond donors (Lipinski definition) is 2. The normalized spacial score (nSPS) is 17.6. The van der Waals surface area contributed by atoms with Crippen molar-refractivity contribution in [3.05, 3.63) is 40.3 Å². The molecule has 0 radical (unpaired) electrons. The van der Waals surface area contributed by atoms with Crippen molar-refractivity contribution in [3.63, 3.8) is 0 Å². The highest BCUT2D eigenvalue weighted by molar-refractivity contribution is 9.10. The SMILES string of the molecule is CC(C)(C)OC(=O)N1CCC[C@H]1c1ncc(-c2ccc(Br)c(CO)c2)[nH]1. The molecular formula is C19H24BrN3O3. The van der Waals surface area contributed by atoms with Crippen molar-refractivity contribution in [2.45, 2.75) is 51.9 Å². The molecule has 0 bridgehead atoms. The highest BCUT2D eigenvalue weighted by Gasteiger charge is 2.34. The topological polar surface area (TPSA) is 78.4 Å². The first kappa shape index (κ1) is 18.9. The first-order chi connectivity index (χ1) is 12.3. The Morgan fingerprint density at radius 2 is 2.23 bits per heavy atom. The van der Waals surface area contributed by atoms with Crippen molar-refractivity contribution in [1.82, 2.24) is 14.9 Å². The van der Waals surface area contributed by atoms with Gasteiger partial charge in [0, 0.05) is 11.0 Å². The van der Waals surface area contributed by atoms with Gasteiger partial charge in [-0.15, -0.1) is 0 Å². The molecule has 0 unspecified atom stereocenters. The number of amides is 1. The van der Waals surface area contributed by atoms with Crippen LogP contribution in [0.3, 0.4) is 0 Å². The van der Waals surface area contributed by atoms with E-state index >= 15 is 0 Å². The molecule has 1 saturated heterocycles. The summed E-state index contributed by atoms with van der Waals surface area (Å²) in [6.45, 7) is 6.24. The second-order valence-corrected chi connectivity index (χ2v) is 8.33. The van der Waals surface area contributed by atoms with Crippen LogP contribution in [0.1, 0.15) is 51.0 Å². The van der Waals surface area contributed by atoms with E-state index in [2.05, 4.69) is 25.9 Å². The molecule has 0 aliphatic carbocycles. The molecule has 1 aliphatic heterocycles. The number of H-pyrrole nitrogens is 1. The van der Waals surface area contributed by atoms with Crippen LogP contribution < -0.4 is 0 Å². The Labute approximate surface area is 161 Å². The molecule has 2 N–H and O–H groups in total. The quantitative estimate of drug-likeness (QED) is 0.769. The summed E-state index contributed by atoms with van der Waals surface area (Å²) in [7, 11) is 0. The molecule has 0 spiro atoms. The van der Waals surface area contributed by atoms with Gasteiger partial charge in [-0.05, 0) is 56.9 Å². The fraction of sp³-hybridized carbons (Fsp3) is 0.474. The largest absolute Gasteiger partial charge is 0.444 e. The summed E-state index contributed by atoms with van der Waals surface area (Å²) < 4.78 is 6.39. The molecule has 1 amide bonds. The molecule has 7 heteroatoms. The Kier molecular flexibility index (Phi) is 5.39. The number of aliphatic hydroxyl groups excluding tert-OH is 1. The van der Waals surface area contributed by atoms with Crippen LogP contribution in [-0.4, -0.2) is 38.2 Å². The van der Waals surface area contributed by atoms with E-state index in [1.165, 1.54) is 0 Å². The molecule has 2 aromatic rings. The van der Waals surface area contributed by atoms with Crippen LogP contribution in [-0.2, 0) is 11.3 Å². The summed E-state index contributed by atoms with van der Waals surface area (Å²) in [4.78, 5) is 22.1. The molecule has 26 heavy (non-hydrogen) atoms. The molecular weight excluding hydrogens is 398 g/mol. The van der Waals surface area contributed by atoms with E-state index in [0.717, 1.165) is 40.0 Å². The predicted molar refractivity (Wildman–Crippen MR) is 103 cm³/mol. The minimum absolute atomic E-state index is 0.0372. The van der Waals surface area contributed by atoms with Gasteiger partial charge in [-0.1, -0.05) is 22.0 Å². The minimum atomic E-state index is -0.517. The van der Waals surface area contributed by atoms with Gasteiger partial charge in [-0.2, -0.15) is 0 Å². The number of benzene rings is 1. The highest BCUT2D eigenvalue weighted by atomic mass is 79.9. The van der Waals surface area contributed by atoms with Gasteiger partial charge < -0.3 is 14.8 Å². The summed E-state index contributed by atoms with van der Waals surface area (Å²) >= 11 is 3.43. The van der Waals surface area contributed by atoms with Gasteiger partial charge in [-0.25, -0.2) is 9.78 Å². The van der Waals surface area contributed by atoms with Crippen molar-refractivity contribution < 1.29 is 14.6 Å². The number of rotatable bonds is 3. The van der Waals surface area contributed by atoms with Gasteiger partial charge >= 0.3 is 6.09 Å². The third-order valence-corrected chi connectivity index (χ3v) is 5.09. The molecule has 1 fully saturated rings. The lowest BCUT2D eigenvalue weighted by Crippen LogP contribution is -2.36. The summed E-state index contributed by atoms with van der Waals surface area (Å²) in [6.07, 6.45) is 3.25. The average molecular weight is 422 g/mol. The molecule has 1 aliphatic rings. The average Bonchev–Trinajstić information content (AvgIpc) is 3.22. The van der Waals surface area contributed by atoms with E-state index in [9.17, 15) is 9.90 Å². The van der Waals surface area contributed by atoms with E-state index in [4.69, 9.17) is 4.74 Å². The van der Waals surface area contributed by atoms with Crippen LogP contribution in [0.15, 0.2) is 28.9 Å². The molecule has 0 saturated carbocycles. The number of imidazole rings is 1. The first-order valence-corrected chi connectivity index (χ1v) is 9.52. The van der Waals surface area contributed by atoms with Crippen molar-refractivity contribution >= 4 is 22.0 Å². The van der Waals surface area contributed by atoms with Crippen molar-refractivity contribution in [2.75, 3.05) is 6.54 Å². The molecule has 1 aromatic carbocycles. The van der Waals surface area contributed by atoms with E-state index in [1.54, 1.807) is 11.1 Å². The zero-order valence-electron chi connectivity index (χ0n) is 15.3. The number of aromatic nitrogens is 2. The Morgan fingerprint density at radius 1 is 1.46 bits per heavy atom. The number of hydrogen-bond acceptors (Lipinski definition) is 4. The fourth-order valence-corrected chi connectivity index (χ4v) is 3.48. The van der Waals surface area contributed by atoms with E-state index in [-0.39, 0.29) is 18.7 Å². The van der Waals surface area contributed by atoms with Gasteiger partial charge in [-0.3, -0.25) is 4.90 Å². The van der Waals surface area contributed by atoms with Crippen LogP contribution >= 0.6 is 15.9 Å². The number of aromatic amines is 1. The van der Waals surface area contributed by atoms with Gasteiger partial charge in [0.1, 0.15) is 11.4 Å². The number of aliphatic hydroxyl groups is 1. The van der Waals surface area contributed by atoms with E-state index < -0.39 is 5.60 Å². The molecule has 1 aromatic heterocycles. The molecule has 3 rings (SSSR count). The van der Waals surface area contributed by atoms with E-state index in [0.29, 0.717) is 6.54 Å². The maximum Gasteiger partial charge on any atom is 0.410 e. The summed E-state index contributed by atoms with van der Waals surface area (Å²) in [5.41, 5.74) is 2.10. The predicted octanol–water partition coefficient (Wildman–Crippen LogP) is 4.40. The second kappa shape index (κ2) is 7.40. The Hall–Kier alpha value is -1.86. The van der Waals surface area contributed by atoms with Crippen molar-refractivity contribution in [2.24, 2.45) is 0 Å². The lowest BCUT2D eigenvalue weighted by atomic mass is 10.1. The highest BCUT2D eigenvalue weighted by Crippen LogP contribution is 2.33. The Bertz CT molecular complexity index is 798. The van der Waals surface area contributed by atoms with Gasteiger partial charge in [0.15, 0.2) is 0 Å². The molecule has 6 nitrogen and oxygen atoms in total. The maximum absolute atomic E-state index is 12.5. The summed E-state index contributed by atoms with van der Waals surface area (Å²) in [5.74, 6) is 0.761. The zero-order valence-corrected chi connectivity index (χ0v) is 16.8. The van der Waals surface area contributed by atoms with Crippen molar-refractivity contribution in [1.29, 1.82) is 0 Å². The third-order valence-electron chi connectivity index (χ3n) is 4.32. The standard InChI is InChI=1S/C19H24BrN3O3/c1-19(2,3)26-18(25)23-8-4-5-16(23)17-21-10-15(22-17)12-6-7-14(20)13(9-12)11-24/h6-7,9-10,16,24H,4-5,8,11H2,1-3H3,(H,21,22)/t16-/m0/s1. The number of carbonyl (C=O) groups is 1. The van der Waals surface area contributed by atoms with Crippen LogP contribution in [0.5, 0.6) is 0 Å². The third kappa shape index (κ3) is 4.10. The second-order valence-electron chi connectivity index (χ2n) is 7.48. The Morgan fingerprint density at radius 3 is 2.92 bits per heavy atom. The Balaban J connectivity index is 1.81. The molecule has 140 valence electrons. The fourth-order valence-electron chi connectivity index (χ4n) is 3.11. The number of ether oxygens (including phenoxy) is 1. The van der Waals surface area contributed by atoms with Crippen LogP contribution in [0.25, 0.3) is 11.3 Å². The lowest BCUT2D eigenvalue weighted by molar-refractivity contribution is 0.0218. The van der Waals surface area contributed by atoms with Gasteiger partial charge in [0.05, 0.1) is 24.5 Å². The van der Waals surface area contributed by atoms with Crippen molar-refractivity contribution in [3.8, 4) is 11.3 Å². The maximum atomic E-state index is 12.5. The smallest absolute Gasteiger partial charge is 0.410 e. The van der Waals surface area contributed by atoms with Crippen LogP contribution in [0.4, 0.5) is 4.79 Å². The number of carbonyl (C=O) groups excluding carboxylic acids is 1. The summed E-state index contributed by atoms with van der Waals surface area (Å²) in [5, 5.41) is 9.44. The minimum Gasteiger partial charge on any atom is -0.444 e. The van der Waals surface area contributed by atoms with Crippen LogP contribution in [0.2, 0.25) is 0 Å².